The average Bonchev–Trinajstić information content (AvgIpc) is 2.09. The molecule has 3 heteroatoms. The third-order valence-electron chi connectivity index (χ3n) is 1.63. The van der Waals surface area contributed by atoms with Gasteiger partial charge in [0.15, 0.2) is 0 Å². The molecule has 0 saturated carbocycles. The molecule has 0 radical (unpaired) electrons. The largest absolute Gasteiger partial charge is 0.497 e. The Labute approximate surface area is 70.6 Å². The lowest BCUT2D eigenvalue weighted by atomic mass is 10.1. The number of hydrogen-bond acceptors (Lipinski definition) is 2. The number of methoxy groups -OCH3 is 1. The molecule has 0 aliphatic rings. The number of aliphatic hydroxyl groups excluding tert-OH is 1. The molecular weight excluding hydrogens is 159 g/mol. The highest BCUT2D eigenvalue weighted by Crippen LogP contribution is 2.16. The molecular formula is C9H11FO2. The maximum absolute atomic E-state index is 12.9. The predicted octanol–water partition coefficient (Wildman–Crippen LogP) is 1.37. The van der Waals surface area contributed by atoms with Gasteiger partial charge < -0.3 is 9.84 Å². The van der Waals surface area contributed by atoms with Crippen LogP contribution in [0, 0.1) is 5.82 Å². The van der Waals surface area contributed by atoms with Gasteiger partial charge in [0.2, 0.25) is 0 Å². The second kappa shape index (κ2) is 4.07. The van der Waals surface area contributed by atoms with Crippen molar-refractivity contribution in [2.45, 2.75) is 6.42 Å². The van der Waals surface area contributed by atoms with Crippen LogP contribution in [0.25, 0.3) is 0 Å². The van der Waals surface area contributed by atoms with Gasteiger partial charge in [-0.05, 0) is 30.2 Å². The molecule has 0 atom stereocenters. The van der Waals surface area contributed by atoms with E-state index in [-0.39, 0.29) is 12.4 Å². The first-order valence-corrected chi connectivity index (χ1v) is 3.71. The number of rotatable bonds is 3. The molecule has 1 aromatic rings. The van der Waals surface area contributed by atoms with E-state index in [1.54, 1.807) is 12.1 Å². The lowest BCUT2D eigenvalue weighted by Crippen LogP contribution is -1.95. The van der Waals surface area contributed by atoms with Gasteiger partial charge in [0.05, 0.1) is 7.11 Å². The Kier molecular flexibility index (Phi) is 3.05. The van der Waals surface area contributed by atoms with Crippen LogP contribution in [-0.2, 0) is 6.42 Å². The van der Waals surface area contributed by atoms with Gasteiger partial charge in [0.25, 0.3) is 0 Å². The van der Waals surface area contributed by atoms with Crippen LogP contribution in [0.15, 0.2) is 18.2 Å². The second-order valence-corrected chi connectivity index (χ2v) is 2.43. The van der Waals surface area contributed by atoms with Crippen molar-refractivity contribution in [2.24, 2.45) is 0 Å². The first-order valence-electron chi connectivity index (χ1n) is 3.71. The summed E-state index contributed by atoms with van der Waals surface area (Å²) in [5, 5.41) is 8.60. The molecule has 1 N–H and O–H groups in total. The third-order valence-corrected chi connectivity index (χ3v) is 1.63. The summed E-state index contributed by atoms with van der Waals surface area (Å²) in [5.41, 5.74) is 0.483. The van der Waals surface area contributed by atoms with Gasteiger partial charge in [-0.3, -0.25) is 0 Å². The lowest BCUT2D eigenvalue weighted by Gasteiger charge is -2.03. The molecule has 1 aromatic carbocycles. The summed E-state index contributed by atoms with van der Waals surface area (Å²) in [7, 11) is 1.52. The zero-order chi connectivity index (χ0) is 8.97. The molecule has 0 bridgehead atoms. The highest BCUT2D eigenvalue weighted by atomic mass is 19.1. The first-order chi connectivity index (χ1) is 5.77. The summed E-state index contributed by atoms with van der Waals surface area (Å²) in [6.07, 6.45) is 0.322. The number of aliphatic hydroxyl groups is 1. The van der Waals surface area contributed by atoms with Crippen molar-refractivity contribution in [1.29, 1.82) is 0 Å². The van der Waals surface area contributed by atoms with E-state index < -0.39 is 0 Å². The van der Waals surface area contributed by atoms with E-state index in [2.05, 4.69) is 0 Å². The minimum absolute atomic E-state index is 0.0515. The van der Waals surface area contributed by atoms with Crippen molar-refractivity contribution in [2.75, 3.05) is 13.7 Å². The standard InChI is InChI=1S/C9H11FO2/c1-12-8-2-3-9(10)7(6-8)4-5-11/h2-3,6,11H,4-5H2,1H3. The van der Waals surface area contributed by atoms with E-state index in [0.29, 0.717) is 17.7 Å². The van der Waals surface area contributed by atoms with Crippen LogP contribution in [0.1, 0.15) is 5.56 Å². The Balaban J connectivity index is 2.91. The summed E-state index contributed by atoms with van der Waals surface area (Å²) in [6.45, 7) is -0.0515. The lowest BCUT2D eigenvalue weighted by molar-refractivity contribution is 0.297. The van der Waals surface area contributed by atoms with Crippen LogP contribution in [0.3, 0.4) is 0 Å². The Bertz CT molecular complexity index is 261. The van der Waals surface area contributed by atoms with Crippen LogP contribution < -0.4 is 4.74 Å². The van der Waals surface area contributed by atoms with E-state index in [9.17, 15) is 4.39 Å². The first kappa shape index (κ1) is 9.00. The normalized spacial score (nSPS) is 9.92. The smallest absolute Gasteiger partial charge is 0.126 e. The van der Waals surface area contributed by atoms with E-state index in [4.69, 9.17) is 9.84 Å². The quantitative estimate of drug-likeness (QED) is 0.742. The molecule has 0 unspecified atom stereocenters. The van der Waals surface area contributed by atoms with Gasteiger partial charge in [0, 0.05) is 6.61 Å². The molecule has 0 aromatic heterocycles. The Morgan fingerprint density at radius 1 is 1.50 bits per heavy atom. The maximum atomic E-state index is 12.9. The molecule has 12 heavy (non-hydrogen) atoms. The highest BCUT2D eigenvalue weighted by molar-refractivity contribution is 5.29. The molecule has 66 valence electrons. The fraction of sp³-hybridized carbons (Fsp3) is 0.333. The van der Waals surface area contributed by atoms with Crippen molar-refractivity contribution in [3.8, 4) is 5.75 Å². The van der Waals surface area contributed by atoms with Crippen LogP contribution in [0.4, 0.5) is 4.39 Å². The highest BCUT2D eigenvalue weighted by Gasteiger charge is 2.02. The molecule has 0 aliphatic heterocycles. The molecule has 0 heterocycles. The second-order valence-electron chi connectivity index (χ2n) is 2.43. The zero-order valence-electron chi connectivity index (χ0n) is 6.88. The fourth-order valence-corrected chi connectivity index (χ4v) is 0.990. The van der Waals surface area contributed by atoms with E-state index in [1.807, 2.05) is 0 Å². The van der Waals surface area contributed by atoms with Crippen molar-refractivity contribution >= 4 is 0 Å². The summed E-state index contributed by atoms with van der Waals surface area (Å²) < 4.78 is 17.8. The van der Waals surface area contributed by atoms with Crippen molar-refractivity contribution in [1.82, 2.24) is 0 Å². The fourth-order valence-electron chi connectivity index (χ4n) is 0.990. The Morgan fingerprint density at radius 3 is 2.83 bits per heavy atom. The van der Waals surface area contributed by atoms with E-state index in [1.165, 1.54) is 13.2 Å². The van der Waals surface area contributed by atoms with Crippen molar-refractivity contribution < 1.29 is 14.2 Å². The number of halogens is 1. The number of ether oxygens (including phenoxy) is 1. The topological polar surface area (TPSA) is 29.5 Å². The van der Waals surface area contributed by atoms with Gasteiger partial charge >= 0.3 is 0 Å². The van der Waals surface area contributed by atoms with Crippen molar-refractivity contribution in [3.63, 3.8) is 0 Å². The molecule has 0 saturated heterocycles. The van der Waals surface area contributed by atoms with Gasteiger partial charge in [0.1, 0.15) is 11.6 Å². The molecule has 0 spiro atoms. The van der Waals surface area contributed by atoms with Crippen LogP contribution in [-0.4, -0.2) is 18.8 Å². The van der Waals surface area contributed by atoms with E-state index >= 15 is 0 Å². The average molecular weight is 170 g/mol. The molecule has 1 rings (SSSR count). The summed E-state index contributed by atoms with van der Waals surface area (Å²) in [6, 6.07) is 4.48. The minimum atomic E-state index is -0.301. The predicted molar refractivity (Wildman–Crippen MR) is 43.7 cm³/mol. The SMILES string of the molecule is COc1ccc(F)c(CCO)c1. The monoisotopic (exact) mass is 170 g/mol. The Hall–Kier alpha value is -1.09. The van der Waals surface area contributed by atoms with Crippen molar-refractivity contribution in [3.05, 3.63) is 29.6 Å². The van der Waals surface area contributed by atoms with Gasteiger partial charge in [-0.25, -0.2) is 4.39 Å². The van der Waals surface area contributed by atoms with Crippen LogP contribution >= 0.6 is 0 Å². The summed E-state index contributed by atoms with van der Waals surface area (Å²) in [4.78, 5) is 0. The summed E-state index contributed by atoms with van der Waals surface area (Å²) in [5.74, 6) is 0.310. The minimum Gasteiger partial charge on any atom is -0.497 e. The Morgan fingerprint density at radius 2 is 2.25 bits per heavy atom. The molecule has 0 amide bonds. The number of benzene rings is 1. The zero-order valence-corrected chi connectivity index (χ0v) is 6.88. The van der Waals surface area contributed by atoms with Crippen LogP contribution in [0.5, 0.6) is 5.75 Å². The van der Waals surface area contributed by atoms with Gasteiger partial charge in [-0.1, -0.05) is 0 Å². The third kappa shape index (κ3) is 1.95. The molecule has 2 nitrogen and oxygen atoms in total. The summed E-state index contributed by atoms with van der Waals surface area (Å²) >= 11 is 0. The van der Waals surface area contributed by atoms with Crippen LogP contribution in [0.2, 0.25) is 0 Å². The van der Waals surface area contributed by atoms with E-state index in [0.717, 1.165) is 0 Å². The van der Waals surface area contributed by atoms with Gasteiger partial charge in [-0.15, -0.1) is 0 Å². The maximum Gasteiger partial charge on any atom is 0.126 e. The molecule has 0 fully saturated rings. The number of hydrogen-bond donors (Lipinski definition) is 1. The molecule has 0 aliphatic carbocycles. The van der Waals surface area contributed by atoms with Gasteiger partial charge in [-0.2, -0.15) is 0 Å².